The standard InChI is InChI=1S/C28H31BN8/c1-27(2,3)17-33-26-19(14-31)15-32-25-18(13-30)11-21(12-23(25)26)34-28(29,20-7-5-4-6-8-20)24-16-37(36-35-24)22-9-10-22/h4-8,11-12,15-16,22,34-36H,9-10,17,29H2,1-3H3,(H,32,33). The number of anilines is 2. The fourth-order valence-electron chi connectivity index (χ4n) is 4.58. The number of benzene rings is 2. The van der Waals surface area contributed by atoms with Crippen molar-refractivity contribution in [3.05, 3.63) is 77.2 Å². The lowest BCUT2D eigenvalue weighted by atomic mass is 9.69. The highest BCUT2D eigenvalue weighted by atomic mass is 15.7. The summed E-state index contributed by atoms with van der Waals surface area (Å²) in [5, 5.41) is 29.9. The Hall–Kier alpha value is -4.21. The fourth-order valence-corrected chi connectivity index (χ4v) is 4.58. The topological polar surface area (TPSA) is 112 Å². The number of nitriles is 2. The van der Waals surface area contributed by atoms with Crippen molar-refractivity contribution < 1.29 is 0 Å². The molecular weight excluding hydrogens is 459 g/mol. The van der Waals surface area contributed by atoms with E-state index in [9.17, 15) is 10.5 Å². The molecule has 0 radical (unpaired) electrons. The van der Waals surface area contributed by atoms with E-state index in [1.54, 1.807) is 6.20 Å². The highest BCUT2D eigenvalue weighted by Crippen LogP contribution is 2.37. The van der Waals surface area contributed by atoms with Crippen LogP contribution >= 0.6 is 0 Å². The van der Waals surface area contributed by atoms with E-state index >= 15 is 0 Å². The minimum atomic E-state index is -0.627. The Labute approximate surface area is 218 Å². The minimum Gasteiger partial charge on any atom is -0.383 e. The largest absolute Gasteiger partial charge is 0.383 e. The van der Waals surface area contributed by atoms with Gasteiger partial charge in [-0.3, -0.25) is 9.99 Å². The first-order valence-corrected chi connectivity index (χ1v) is 12.6. The molecule has 9 heteroatoms. The van der Waals surface area contributed by atoms with Gasteiger partial charge in [0.2, 0.25) is 0 Å². The number of nitrogens with one attached hydrogen (secondary N) is 4. The summed E-state index contributed by atoms with van der Waals surface area (Å²) < 4.78 is 0. The first-order chi connectivity index (χ1) is 17.7. The predicted octanol–water partition coefficient (Wildman–Crippen LogP) is 3.66. The van der Waals surface area contributed by atoms with Crippen molar-refractivity contribution in [3.63, 3.8) is 0 Å². The molecule has 2 aromatic carbocycles. The summed E-state index contributed by atoms with van der Waals surface area (Å²) in [6.07, 6.45) is 6.00. The van der Waals surface area contributed by atoms with E-state index in [1.165, 1.54) is 12.8 Å². The van der Waals surface area contributed by atoms with Gasteiger partial charge in [-0.1, -0.05) is 51.1 Å². The molecular formula is C28H31BN8. The molecule has 1 aliphatic carbocycles. The molecule has 1 aromatic heterocycles. The Bertz CT molecular complexity index is 1440. The smallest absolute Gasteiger partial charge is 0.148 e. The first-order valence-electron chi connectivity index (χ1n) is 12.6. The molecule has 5 rings (SSSR count). The molecule has 1 fully saturated rings. The zero-order valence-corrected chi connectivity index (χ0v) is 21.7. The molecule has 2 aliphatic rings. The summed E-state index contributed by atoms with van der Waals surface area (Å²) in [5.41, 5.74) is 11.0. The van der Waals surface area contributed by atoms with Crippen molar-refractivity contribution in [2.24, 2.45) is 5.41 Å². The molecule has 1 atom stereocenters. The molecule has 0 bridgehead atoms. The summed E-state index contributed by atoms with van der Waals surface area (Å²) in [6.45, 7) is 7.07. The third kappa shape index (κ3) is 4.91. The van der Waals surface area contributed by atoms with Crippen LogP contribution in [-0.2, 0) is 5.44 Å². The van der Waals surface area contributed by atoms with Gasteiger partial charge in [0.1, 0.15) is 20.0 Å². The van der Waals surface area contributed by atoms with Crippen molar-refractivity contribution in [3.8, 4) is 12.1 Å². The second-order valence-corrected chi connectivity index (χ2v) is 11.1. The van der Waals surface area contributed by atoms with Gasteiger partial charge in [0.05, 0.1) is 33.5 Å². The lowest BCUT2D eigenvalue weighted by Crippen LogP contribution is -2.45. The van der Waals surface area contributed by atoms with Gasteiger partial charge < -0.3 is 16.1 Å². The van der Waals surface area contributed by atoms with Crippen LogP contribution in [0.15, 0.2) is 60.6 Å². The molecule has 3 aromatic rings. The van der Waals surface area contributed by atoms with Crippen LogP contribution in [0.4, 0.5) is 11.4 Å². The van der Waals surface area contributed by atoms with Crippen molar-refractivity contribution in [1.82, 2.24) is 21.0 Å². The third-order valence-electron chi connectivity index (χ3n) is 6.82. The van der Waals surface area contributed by atoms with Crippen LogP contribution in [0.2, 0.25) is 0 Å². The Balaban J connectivity index is 1.62. The summed E-state index contributed by atoms with van der Waals surface area (Å²) in [7, 11) is 2.12. The summed E-state index contributed by atoms with van der Waals surface area (Å²) in [5.74, 6) is 0. The molecule has 0 saturated heterocycles. The summed E-state index contributed by atoms with van der Waals surface area (Å²) in [4.78, 5) is 4.48. The highest BCUT2D eigenvalue weighted by molar-refractivity contribution is 6.19. The Morgan fingerprint density at radius 1 is 1.11 bits per heavy atom. The molecule has 186 valence electrons. The third-order valence-corrected chi connectivity index (χ3v) is 6.82. The molecule has 0 amide bonds. The minimum absolute atomic E-state index is 0.00314. The second kappa shape index (κ2) is 9.35. The molecule has 8 nitrogen and oxygen atoms in total. The zero-order valence-electron chi connectivity index (χ0n) is 21.7. The molecule has 2 heterocycles. The van der Waals surface area contributed by atoms with E-state index in [0.717, 1.165) is 22.3 Å². The van der Waals surface area contributed by atoms with E-state index < -0.39 is 5.44 Å². The summed E-state index contributed by atoms with van der Waals surface area (Å²) in [6, 6.07) is 19.1. The molecule has 1 saturated carbocycles. The number of hydrogen-bond acceptors (Lipinski definition) is 8. The van der Waals surface area contributed by atoms with E-state index in [2.05, 4.69) is 90.7 Å². The maximum absolute atomic E-state index is 10.0. The lowest BCUT2D eigenvalue weighted by molar-refractivity contribution is 0.260. The van der Waals surface area contributed by atoms with Crippen molar-refractivity contribution in [2.75, 3.05) is 17.2 Å². The van der Waals surface area contributed by atoms with Crippen LogP contribution in [-0.4, -0.2) is 30.4 Å². The lowest BCUT2D eigenvalue weighted by Gasteiger charge is -2.34. The molecule has 0 spiro atoms. The number of rotatable bonds is 7. The van der Waals surface area contributed by atoms with Crippen LogP contribution in [0.25, 0.3) is 10.9 Å². The normalized spacial score (nSPS) is 16.8. The number of fused-ring (bicyclic) bond motifs is 1. The van der Waals surface area contributed by atoms with Gasteiger partial charge in [-0.15, -0.1) is 5.53 Å². The van der Waals surface area contributed by atoms with E-state index in [-0.39, 0.29) is 5.41 Å². The van der Waals surface area contributed by atoms with E-state index in [1.807, 2.05) is 30.3 Å². The van der Waals surface area contributed by atoms with Crippen LogP contribution in [0.1, 0.15) is 50.3 Å². The molecule has 4 N–H and O–H groups in total. The van der Waals surface area contributed by atoms with Gasteiger partial charge in [0.15, 0.2) is 0 Å². The summed E-state index contributed by atoms with van der Waals surface area (Å²) >= 11 is 0. The van der Waals surface area contributed by atoms with Crippen molar-refractivity contribution in [2.45, 2.75) is 45.1 Å². The zero-order chi connectivity index (χ0) is 26.2. The average molecular weight is 490 g/mol. The Morgan fingerprint density at radius 2 is 1.84 bits per heavy atom. The average Bonchev–Trinajstić information content (AvgIpc) is 3.62. The second-order valence-electron chi connectivity index (χ2n) is 11.1. The highest BCUT2D eigenvalue weighted by Gasteiger charge is 2.38. The van der Waals surface area contributed by atoms with Gasteiger partial charge in [-0.25, -0.2) is 0 Å². The fraction of sp³-hybridized carbons (Fsp3) is 0.321. The predicted molar refractivity (Wildman–Crippen MR) is 149 cm³/mol. The van der Waals surface area contributed by atoms with Gasteiger partial charge in [0.25, 0.3) is 0 Å². The maximum atomic E-state index is 10.0. The molecule has 1 unspecified atom stereocenters. The number of nitrogens with zero attached hydrogens (tertiary/aromatic N) is 4. The monoisotopic (exact) mass is 490 g/mol. The molecule has 37 heavy (non-hydrogen) atoms. The van der Waals surface area contributed by atoms with Gasteiger partial charge in [0, 0.05) is 36.1 Å². The number of hydrazine groups is 2. The maximum Gasteiger partial charge on any atom is 0.148 e. The Morgan fingerprint density at radius 3 is 2.49 bits per heavy atom. The van der Waals surface area contributed by atoms with E-state index in [4.69, 9.17) is 0 Å². The van der Waals surface area contributed by atoms with E-state index in [0.29, 0.717) is 34.9 Å². The van der Waals surface area contributed by atoms with Crippen LogP contribution in [0, 0.1) is 28.1 Å². The number of hydrogen-bond donors (Lipinski definition) is 4. The Kier molecular flexibility index (Phi) is 6.19. The molecule has 1 aliphatic heterocycles. The SMILES string of the molecule is BC(Nc1cc(C#N)c2ncc(C#N)c(NCC(C)(C)C)c2c1)(C1=CN(C2CC2)NN1)c1ccccc1. The van der Waals surface area contributed by atoms with Crippen molar-refractivity contribution >= 4 is 30.1 Å². The van der Waals surface area contributed by atoms with Gasteiger partial charge in [-0.2, -0.15) is 10.5 Å². The van der Waals surface area contributed by atoms with Crippen LogP contribution in [0.5, 0.6) is 0 Å². The van der Waals surface area contributed by atoms with Gasteiger partial charge >= 0.3 is 0 Å². The quantitative estimate of drug-likeness (QED) is 0.372. The van der Waals surface area contributed by atoms with Crippen LogP contribution in [0.3, 0.4) is 0 Å². The number of aromatic nitrogens is 1. The van der Waals surface area contributed by atoms with Crippen LogP contribution < -0.4 is 21.6 Å². The first kappa shape index (κ1) is 24.5. The van der Waals surface area contributed by atoms with Gasteiger partial charge in [-0.05, 0) is 36.0 Å². The number of pyridine rings is 1. The van der Waals surface area contributed by atoms with Crippen molar-refractivity contribution in [1.29, 1.82) is 10.5 Å².